The normalized spacial score (nSPS) is 24.3. The summed E-state index contributed by atoms with van der Waals surface area (Å²) < 4.78 is 0. The van der Waals surface area contributed by atoms with E-state index in [2.05, 4.69) is 15.9 Å². The van der Waals surface area contributed by atoms with E-state index in [0.29, 0.717) is 24.3 Å². The first-order chi connectivity index (χ1) is 12.8. The van der Waals surface area contributed by atoms with Crippen LogP contribution in [0.3, 0.4) is 0 Å². The van der Waals surface area contributed by atoms with E-state index in [9.17, 15) is 19.7 Å². The van der Waals surface area contributed by atoms with E-state index in [1.165, 1.54) is 0 Å². The van der Waals surface area contributed by atoms with Gasteiger partial charge in [-0.25, -0.2) is 4.79 Å². The SMILES string of the molecule is CC(C)CC(NC(=O)N(CCCl)N=O)C(=O)NC1CC(C)(C)[NH+]([O-])C(C)(C)C1. The number of nitrogens with zero attached hydrogens (tertiary/aromatic N) is 2. The van der Waals surface area contributed by atoms with Gasteiger partial charge < -0.3 is 20.9 Å². The maximum atomic E-state index is 12.9. The van der Waals surface area contributed by atoms with Crippen molar-refractivity contribution >= 4 is 23.5 Å². The van der Waals surface area contributed by atoms with Crippen LogP contribution in [0.25, 0.3) is 0 Å². The Bertz CT molecular complexity index is 552. The predicted molar refractivity (Wildman–Crippen MR) is 109 cm³/mol. The lowest BCUT2D eigenvalue weighted by molar-refractivity contribution is -0.955. The lowest BCUT2D eigenvalue weighted by Crippen LogP contribution is -3.23. The zero-order chi connectivity index (χ0) is 21.7. The summed E-state index contributed by atoms with van der Waals surface area (Å²) in [6, 6.07) is -1.74. The van der Waals surface area contributed by atoms with Crippen LogP contribution in [-0.4, -0.2) is 52.5 Å². The smallest absolute Gasteiger partial charge is 0.341 e. The monoisotopic (exact) mass is 419 g/mol. The number of halogens is 1. The molecule has 10 heteroatoms. The number of carbonyl (C=O) groups excluding carboxylic acids is 2. The third-order valence-electron chi connectivity index (χ3n) is 5.04. The molecule has 0 saturated carbocycles. The number of hydrogen-bond donors (Lipinski definition) is 3. The van der Waals surface area contributed by atoms with Crippen molar-refractivity contribution in [2.45, 2.75) is 84.0 Å². The van der Waals surface area contributed by atoms with Gasteiger partial charge in [0.1, 0.15) is 6.04 Å². The molecule has 0 aromatic rings. The molecule has 3 N–H and O–H groups in total. The van der Waals surface area contributed by atoms with Gasteiger partial charge >= 0.3 is 6.03 Å². The van der Waals surface area contributed by atoms with Gasteiger partial charge in [-0.05, 0) is 40.0 Å². The molecular formula is C18H34ClN5O4. The number of piperidine rings is 1. The fourth-order valence-corrected chi connectivity index (χ4v) is 4.16. The Morgan fingerprint density at radius 3 is 2.21 bits per heavy atom. The van der Waals surface area contributed by atoms with Gasteiger partial charge in [-0.1, -0.05) is 13.8 Å². The van der Waals surface area contributed by atoms with Crippen molar-refractivity contribution in [1.82, 2.24) is 15.6 Å². The number of quaternary nitrogens is 1. The lowest BCUT2D eigenvalue weighted by atomic mass is 9.79. The molecule has 1 rings (SSSR count). The van der Waals surface area contributed by atoms with E-state index in [4.69, 9.17) is 11.6 Å². The molecule has 1 aliphatic rings. The summed E-state index contributed by atoms with van der Waals surface area (Å²) in [5.41, 5.74) is -1.07. The summed E-state index contributed by atoms with van der Waals surface area (Å²) in [5, 5.41) is 21.6. The lowest BCUT2D eigenvalue weighted by Gasteiger charge is -2.54. The Hall–Kier alpha value is -1.45. The van der Waals surface area contributed by atoms with E-state index in [1.54, 1.807) is 0 Å². The average Bonchev–Trinajstić information content (AvgIpc) is 2.55. The van der Waals surface area contributed by atoms with Gasteiger partial charge in [-0.2, -0.15) is 5.01 Å². The summed E-state index contributed by atoms with van der Waals surface area (Å²) in [5.74, 6) is -0.132. The quantitative estimate of drug-likeness (QED) is 0.239. The summed E-state index contributed by atoms with van der Waals surface area (Å²) in [4.78, 5) is 36.0. The number of hydroxylamine groups is 2. The van der Waals surface area contributed by atoms with Crippen LogP contribution < -0.4 is 15.7 Å². The van der Waals surface area contributed by atoms with Crippen LogP contribution in [0.4, 0.5) is 4.79 Å². The van der Waals surface area contributed by atoms with Crippen molar-refractivity contribution in [3.8, 4) is 0 Å². The summed E-state index contributed by atoms with van der Waals surface area (Å²) in [6.45, 7) is 11.4. The molecule has 0 spiro atoms. The van der Waals surface area contributed by atoms with Crippen LogP contribution in [0.2, 0.25) is 0 Å². The highest BCUT2D eigenvalue weighted by molar-refractivity contribution is 6.18. The standard InChI is InChI=1S/C18H34ClN5O4/c1-12(2)9-14(21-16(26)23(22-27)8-7-19)15(25)20-13-10-17(3,4)24(28)18(5,6)11-13/h12-14,24H,7-11H2,1-6H3,(H,20,25)(H,21,26). The summed E-state index contributed by atoms with van der Waals surface area (Å²) >= 11 is 5.57. The molecule has 1 saturated heterocycles. The van der Waals surface area contributed by atoms with Gasteiger partial charge in [0.2, 0.25) is 5.91 Å². The largest absolute Gasteiger partial charge is 0.634 e. The maximum absolute atomic E-state index is 12.9. The number of hydrogen-bond acceptors (Lipinski definition) is 5. The Morgan fingerprint density at radius 1 is 1.25 bits per heavy atom. The van der Waals surface area contributed by atoms with Crippen molar-refractivity contribution in [3.63, 3.8) is 0 Å². The van der Waals surface area contributed by atoms with E-state index in [1.807, 2.05) is 41.5 Å². The number of carbonyl (C=O) groups is 2. The Labute approximate surface area is 172 Å². The highest BCUT2D eigenvalue weighted by Crippen LogP contribution is 2.24. The second-order valence-corrected chi connectivity index (χ2v) is 9.61. The summed E-state index contributed by atoms with van der Waals surface area (Å²) in [6.07, 6.45) is 1.48. The molecule has 0 aromatic heterocycles. The number of nitroso groups, excluding NO2 is 1. The zero-order valence-electron chi connectivity index (χ0n) is 17.7. The summed E-state index contributed by atoms with van der Waals surface area (Å²) in [7, 11) is 0. The fourth-order valence-electron chi connectivity index (χ4n) is 4.00. The van der Waals surface area contributed by atoms with Gasteiger partial charge in [0.25, 0.3) is 0 Å². The van der Waals surface area contributed by atoms with Gasteiger partial charge in [0.05, 0.1) is 22.9 Å². The molecule has 1 aliphatic heterocycles. The minimum absolute atomic E-state index is 0.0416. The minimum Gasteiger partial charge on any atom is -0.634 e. The number of alkyl halides is 1. The van der Waals surface area contributed by atoms with Crippen molar-refractivity contribution in [1.29, 1.82) is 0 Å². The van der Waals surface area contributed by atoms with E-state index >= 15 is 0 Å². The highest BCUT2D eigenvalue weighted by Gasteiger charge is 2.45. The molecule has 162 valence electrons. The second kappa shape index (κ2) is 9.84. The minimum atomic E-state index is -0.809. The maximum Gasteiger partial charge on any atom is 0.341 e. The molecule has 1 heterocycles. The van der Waals surface area contributed by atoms with Crippen molar-refractivity contribution in [2.24, 2.45) is 11.2 Å². The Kier molecular flexibility index (Phi) is 8.64. The number of amides is 3. The van der Waals surface area contributed by atoms with Crippen LogP contribution in [0.1, 0.15) is 60.8 Å². The first-order valence-corrected chi connectivity index (χ1v) is 10.2. The molecular weight excluding hydrogens is 386 g/mol. The second-order valence-electron chi connectivity index (χ2n) is 9.24. The molecule has 0 aromatic carbocycles. The Balaban J connectivity index is 2.87. The van der Waals surface area contributed by atoms with Gasteiger partial charge in [-0.15, -0.1) is 16.5 Å². The molecule has 1 atom stereocenters. The molecule has 28 heavy (non-hydrogen) atoms. The number of nitrogens with one attached hydrogen (secondary N) is 3. The van der Waals surface area contributed by atoms with Crippen LogP contribution in [0.5, 0.6) is 0 Å². The highest BCUT2D eigenvalue weighted by atomic mass is 35.5. The van der Waals surface area contributed by atoms with Gasteiger partial charge in [-0.3, -0.25) is 4.79 Å². The molecule has 1 fully saturated rings. The van der Waals surface area contributed by atoms with Crippen molar-refractivity contribution in [2.75, 3.05) is 12.4 Å². The first-order valence-electron chi connectivity index (χ1n) is 9.66. The predicted octanol–water partition coefficient (Wildman–Crippen LogP) is 1.55. The average molecular weight is 420 g/mol. The molecule has 0 aliphatic carbocycles. The topological polar surface area (TPSA) is 118 Å². The first kappa shape index (κ1) is 24.6. The van der Waals surface area contributed by atoms with E-state index in [-0.39, 0.29) is 35.4 Å². The Morgan fingerprint density at radius 2 is 1.79 bits per heavy atom. The van der Waals surface area contributed by atoms with E-state index in [0.717, 1.165) is 0 Å². The number of urea groups is 1. The molecule has 1 unspecified atom stereocenters. The van der Waals surface area contributed by atoms with Crippen LogP contribution in [-0.2, 0) is 4.79 Å². The molecule has 3 amide bonds. The third kappa shape index (κ3) is 6.56. The van der Waals surface area contributed by atoms with E-state index < -0.39 is 23.2 Å². The van der Waals surface area contributed by atoms with Crippen LogP contribution >= 0.6 is 11.6 Å². The van der Waals surface area contributed by atoms with Crippen molar-refractivity contribution in [3.05, 3.63) is 10.1 Å². The molecule has 0 radical (unpaired) electrons. The zero-order valence-corrected chi connectivity index (χ0v) is 18.4. The number of rotatable bonds is 8. The fraction of sp³-hybridized carbons (Fsp3) is 0.889. The molecule has 9 nitrogen and oxygen atoms in total. The van der Waals surface area contributed by atoms with Gasteiger partial charge in [0, 0.05) is 24.8 Å². The van der Waals surface area contributed by atoms with Crippen LogP contribution in [0.15, 0.2) is 5.29 Å². The van der Waals surface area contributed by atoms with Crippen LogP contribution in [0, 0.1) is 16.0 Å². The molecule has 0 bridgehead atoms. The third-order valence-corrected chi connectivity index (χ3v) is 5.21. The van der Waals surface area contributed by atoms with Crippen molar-refractivity contribution < 1.29 is 14.7 Å². The van der Waals surface area contributed by atoms with Gasteiger partial charge in [0.15, 0.2) is 0 Å².